The predicted octanol–water partition coefficient (Wildman–Crippen LogP) is 5.27. The largest absolute Gasteiger partial charge is 0.507 e. The van der Waals surface area contributed by atoms with E-state index in [-0.39, 0.29) is 62.9 Å². The van der Waals surface area contributed by atoms with Crippen molar-refractivity contribution < 1.29 is 14.6 Å². The van der Waals surface area contributed by atoms with E-state index in [0.717, 1.165) is 5.56 Å². The van der Waals surface area contributed by atoms with Crippen LogP contribution in [0.4, 0.5) is 5.82 Å². The Labute approximate surface area is 258 Å². The summed E-state index contributed by atoms with van der Waals surface area (Å²) in [7, 11) is 0. The summed E-state index contributed by atoms with van der Waals surface area (Å²) in [5.41, 5.74) is 2.14. The van der Waals surface area contributed by atoms with Gasteiger partial charge in [-0.15, -0.1) is 0 Å². The van der Waals surface area contributed by atoms with Crippen LogP contribution in [0.15, 0.2) is 47.9 Å². The van der Waals surface area contributed by atoms with Crippen LogP contribution in [0, 0.1) is 6.92 Å². The summed E-state index contributed by atoms with van der Waals surface area (Å²) >= 11 is 13.6. The lowest BCUT2D eigenvalue weighted by atomic mass is 10.0. The highest BCUT2D eigenvalue weighted by molar-refractivity contribution is 6.38. The zero-order valence-electron chi connectivity index (χ0n) is 24.0. The van der Waals surface area contributed by atoms with Gasteiger partial charge < -0.3 is 19.6 Å². The molecule has 0 radical (unpaired) electrons. The van der Waals surface area contributed by atoms with E-state index in [1.165, 1.54) is 16.7 Å². The van der Waals surface area contributed by atoms with Crippen LogP contribution in [0.5, 0.6) is 11.5 Å². The summed E-state index contributed by atoms with van der Waals surface area (Å²) in [4.78, 5) is 44.6. The van der Waals surface area contributed by atoms with E-state index in [1.807, 2.05) is 31.7 Å². The number of carbonyl (C=O) groups excluding carboxylic acids is 1. The lowest BCUT2D eigenvalue weighted by Crippen LogP contribution is -2.56. The van der Waals surface area contributed by atoms with Crippen LogP contribution in [0.2, 0.25) is 10.0 Å². The number of rotatable bonds is 4. The van der Waals surface area contributed by atoms with Gasteiger partial charge in [-0.1, -0.05) is 49.7 Å². The molecule has 2 aliphatic rings. The first kappa shape index (κ1) is 28.9. The van der Waals surface area contributed by atoms with E-state index < -0.39 is 5.69 Å². The van der Waals surface area contributed by atoms with Gasteiger partial charge in [0.05, 0.1) is 34.6 Å². The molecule has 0 aliphatic carbocycles. The molecule has 5 heterocycles. The van der Waals surface area contributed by atoms with Crippen molar-refractivity contribution in [1.82, 2.24) is 24.4 Å². The number of aromatic nitrogens is 4. The van der Waals surface area contributed by atoms with Crippen LogP contribution in [0.3, 0.4) is 0 Å². The maximum absolute atomic E-state index is 14.2. The molecule has 0 saturated carbocycles. The summed E-state index contributed by atoms with van der Waals surface area (Å²) in [6, 6.07) is 6.40. The van der Waals surface area contributed by atoms with Crippen LogP contribution in [0.25, 0.3) is 28.0 Å². The SMILES string of the molecule is C=CC(=O)N1CCN2c3nc(=O)n(-c4c(C)ccnc4C(C)C)c4nc(-c5c(O)cccc5Cl)c(Cl)c(c34)OCCC2C1. The van der Waals surface area contributed by atoms with Gasteiger partial charge in [-0.25, -0.2) is 14.3 Å². The molecule has 1 saturated heterocycles. The second-order valence-electron chi connectivity index (χ2n) is 11.0. The number of anilines is 1. The molecule has 1 aromatic carbocycles. The van der Waals surface area contributed by atoms with Gasteiger partial charge in [0, 0.05) is 32.3 Å². The molecule has 1 fully saturated rings. The lowest BCUT2D eigenvalue weighted by molar-refractivity contribution is -0.126. The number of phenols is 1. The highest BCUT2D eigenvalue weighted by Gasteiger charge is 2.36. The number of carbonyl (C=O) groups is 1. The summed E-state index contributed by atoms with van der Waals surface area (Å²) in [6.45, 7) is 11.1. The minimum atomic E-state index is -0.556. The number of aromatic hydroxyl groups is 1. The van der Waals surface area contributed by atoms with E-state index in [4.69, 9.17) is 32.9 Å². The zero-order chi connectivity index (χ0) is 30.6. The molecule has 2 aliphatic heterocycles. The van der Waals surface area contributed by atoms with Crippen molar-refractivity contribution in [2.24, 2.45) is 0 Å². The molecule has 1 N–H and O–H groups in total. The first-order chi connectivity index (χ1) is 20.6. The molecule has 43 heavy (non-hydrogen) atoms. The number of hydrogen-bond donors (Lipinski definition) is 1. The highest BCUT2D eigenvalue weighted by atomic mass is 35.5. The number of nitrogens with zero attached hydrogens (tertiary/aromatic N) is 6. The first-order valence-corrected chi connectivity index (χ1v) is 14.8. The van der Waals surface area contributed by atoms with Gasteiger partial charge in [-0.3, -0.25) is 9.78 Å². The molecule has 4 aromatic rings. The van der Waals surface area contributed by atoms with Gasteiger partial charge >= 0.3 is 5.69 Å². The minimum absolute atomic E-state index is 0.0228. The Bertz CT molecular complexity index is 1840. The average molecular weight is 622 g/mol. The van der Waals surface area contributed by atoms with Crippen LogP contribution < -0.4 is 15.3 Å². The fraction of sp³-hybridized carbons (Fsp3) is 0.323. The number of halogens is 2. The quantitative estimate of drug-likeness (QED) is 0.307. The van der Waals surface area contributed by atoms with Crippen molar-refractivity contribution in [3.8, 4) is 28.4 Å². The Morgan fingerprint density at radius 3 is 2.72 bits per heavy atom. The molecule has 6 rings (SSSR count). The monoisotopic (exact) mass is 620 g/mol. The topological polar surface area (TPSA) is 114 Å². The highest BCUT2D eigenvalue weighted by Crippen LogP contribution is 2.47. The second-order valence-corrected chi connectivity index (χ2v) is 11.8. The van der Waals surface area contributed by atoms with Crippen molar-refractivity contribution in [2.45, 2.75) is 39.2 Å². The normalized spacial score (nSPS) is 16.5. The molecular formula is C31H30Cl2N6O4. The van der Waals surface area contributed by atoms with E-state index in [0.29, 0.717) is 48.6 Å². The van der Waals surface area contributed by atoms with E-state index in [9.17, 15) is 14.7 Å². The molecule has 1 amide bonds. The zero-order valence-corrected chi connectivity index (χ0v) is 25.5. The van der Waals surface area contributed by atoms with E-state index in [1.54, 1.807) is 23.2 Å². The van der Waals surface area contributed by atoms with Crippen molar-refractivity contribution in [2.75, 3.05) is 31.1 Å². The molecule has 0 bridgehead atoms. The standard InChI is InChI=1S/C31H30Cl2N6O4/c1-5-21(41)37-12-13-38-18(15-37)10-14-43-28-23-29(38)36-31(42)39(27-17(4)9-11-34-25(27)16(2)3)30(23)35-26(24(28)33)22-19(32)7-6-8-20(22)40/h5-9,11,16,18,40H,1,10,12-15H2,2-4H3. The van der Waals surface area contributed by atoms with Crippen molar-refractivity contribution in [3.05, 3.63) is 74.9 Å². The Balaban J connectivity index is 1.72. The van der Waals surface area contributed by atoms with Gasteiger partial charge in [-0.2, -0.15) is 4.98 Å². The van der Waals surface area contributed by atoms with Gasteiger partial charge in [0.15, 0.2) is 11.4 Å². The van der Waals surface area contributed by atoms with E-state index >= 15 is 0 Å². The molecule has 222 valence electrons. The molecular weight excluding hydrogens is 591 g/mol. The molecule has 0 spiro atoms. The third-order valence-corrected chi connectivity index (χ3v) is 8.66. The molecule has 1 atom stereocenters. The number of phenolic OH excluding ortho intramolecular Hbond substituents is 1. The van der Waals surface area contributed by atoms with Crippen LogP contribution in [-0.2, 0) is 4.79 Å². The van der Waals surface area contributed by atoms with Crippen LogP contribution >= 0.6 is 23.2 Å². The maximum Gasteiger partial charge on any atom is 0.355 e. The number of fused-ring (bicyclic) bond motifs is 2. The van der Waals surface area contributed by atoms with Crippen LogP contribution in [-0.4, -0.2) is 67.7 Å². The fourth-order valence-electron chi connectivity index (χ4n) is 5.93. The number of benzene rings is 1. The average Bonchev–Trinajstić information content (AvgIpc) is 2.97. The summed E-state index contributed by atoms with van der Waals surface area (Å²) < 4.78 is 7.81. The Morgan fingerprint density at radius 2 is 2.00 bits per heavy atom. The number of piperazine rings is 1. The molecule has 10 nitrogen and oxygen atoms in total. The van der Waals surface area contributed by atoms with Crippen molar-refractivity contribution in [1.29, 1.82) is 0 Å². The van der Waals surface area contributed by atoms with Gasteiger partial charge in [0.1, 0.15) is 27.7 Å². The third-order valence-electron chi connectivity index (χ3n) is 8.00. The second kappa shape index (κ2) is 11.2. The molecule has 1 unspecified atom stereocenters. The summed E-state index contributed by atoms with van der Waals surface area (Å²) in [6.07, 6.45) is 3.55. The number of ether oxygens (including phenoxy) is 1. The minimum Gasteiger partial charge on any atom is -0.507 e. The van der Waals surface area contributed by atoms with Crippen molar-refractivity contribution >= 4 is 46.0 Å². The predicted molar refractivity (Wildman–Crippen MR) is 167 cm³/mol. The Kier molecular flexibility index (Phi) is 7.52. The number of pyridine rings is 2. The smallest absolute Gasteiger partial charge is 0.355 e. The van der Waals surface area contributed by atoms with E-state index in [2.05, 4.69) is 16.5 Å². The number of amides is 1. The first-order valence-electron chi connectivity index (χ1n) is 14.0. The number of hydrogen-bond acceptors (Lipinski definition) is 8. The Hall–Kier alpha value is -4.15. The Morgan fingerprint density at radius 1 is 1.21 bits per heavy atom. The molecule has 12 heteroatoms. The third kappa shape index (κ3) is 4.78. The van der Waals surface area contributed by atoms with Gasteiger partial charge in [0.2, 0.25) is 5.91 Å². The summed E-state index contributed by atoms with van der Waals surface area (Å²) in [5, 5.41) is 11.7. The fourth-order valence-corrected chi connectivity index (χ4v) is 6.48. The number of aryl methyl sites for hydroxylation is 1. The maximum atomic E-state index is 14.2. The van der Waals surface area contributed by atoms with Gasteiger partial charge in [0.25, 0.3) is 0 Å². The van der Waals surface area contributed by atoms with Gasteiger partial charge in [-0.05, 0) is 42.7 Å². The summed E-state index contributed by atoms with van der Waals surface area (Å²) in [5.74, 6) is 0.363. The van der Waals surface area contributed by atoms with Crippen LogP contribution in [0.1, 0.15) is 37.4 Å². The molecule has 3 aromatic heterocycles. The van der Waals surface area contributed by atoms with Crippen molar-refractivity contribution in [3.63, 3.8) is 0 Å². The lowest BCUT2D eigenvalue weighted by Gasteiger charge is -2.43.